The number of hydrogen-bond donors (Lipinski definition) is 0. The van der Waals surface area contributed by atoms with Crippen LogP contribution in [0, 0.1) is 5.41 Å². The summed E-state index contributed by atoms with van der Waals surface area (Å²) in [5.74, 6) is 0. The lowest BCUT2D eigenvalue weighted by Gasteiger charge is -2.32. The van der Waals surface area contributed by atoms with E-state index in [1.807, 2.05) is 17.9 Å². The Bertz CT molecular complexity index is 390. The maximum absolute atomic E-state index is 6.25. The first kappa shape index (κ1) is 10.7. The fourth-order valence-electron chi connectivity index (χ4n) is 2.24. The van der Waals surface area contributed by atoms with Crippen LogP contribution in [0.4, 0.5) is 0 Å². The highest BCUT2D eigenvalue weighted by atomic mass is 35.5. The summed E-state index contributed by atoms with van der Waals surface area (Å²) in [4.78, 5) is 0. The fraction of sp³-hybridized carbons (Fsp3) is 0.583. The van der Waals surface area contributed by atoms with Gasteiger partial charge in [0.1, 0.15) is 0 Å². The lowest BCUT2D eigenvalue weighted by Crippen LogP contribution is -2.21. The number of aryl methyl sites for hydroxylation is 1. The highest BCUT2D eigenvalue weighted by Gasteiger charge is 2.28. The van der Waals surface area contributed by atoms with Gasteiger partial charge in [-0.1, -0.05) is 19.9 Å². The number of rotatable bonds is 1. The first-order valence-corrected chi connectivity index (χ1v) is 5.74. The molecule has 0 fully saturated rings. The van der Waals surface area contributed by atoms with E-state index in [-0.39, 0.29) is 5.38 Å². The van der Waals surface area contributed by atoms with Crippen molar-refractivity contribution in [3.63, 3.8) is 0 Å². The van der Waals surface area contributed by atoms with Crippen LogP contribution in [0.3, 0.4) is 0 Å². The maximum atomic E-state index is 6.25. The van der Waals surface area contributed by atoms with E-state index in [9.17, 15) is 0 Å². The average Bonchev–Trinajstić information content (AvgIpc) is 2.48. The molecule has 0 spiro atoms. The molecule has 0 aromatic carbocycles. The molecule has 2 nitrogen and oxygen atoms in total. The molecule has 0 aliphatic heterocycles. The fourth-order valence-corrected chi connectivity index (χ4v) is 2.81. The Morgan fingerprint density at radius 2 is 2.27 bits per heavy atom. The van der Waals surface area contributed by atoms with E-state index in [1.54, 1.807) is 0 Å². The minimum absolute atomic E-state index is 0.156. The molecule has 0 N–H and O–H groups in total. The molecular formula is C12H17ClN2. The number of nitrogens with zero attached hydrogens (tertiary/aromatic N) is 2. The predicted molar refractivity (Wildman–Crippen MR) is 63.8 cm³/mol. The van der Waals surface area contributed by atoms with Crippen molar-refractivity contribution in [2.75, 3.05) is 0 Å². The summed E-state index contributed by atoms with van der Waals surface area (Å²) in [5, 5.41) is 4.35. The van der Waals surface area contributed by atoms with Crippen LogP contribution >= 0.6 is 11.6 Å². The molecule has 1 aliphatic rings. The maximum Gasteiger partial charge on any atom is 0.0564 e. The van der Waals surface area contributed by atoms with Gasteiger partial charge in [-0.05, 0) is 23.8 Å². The van der Waals surface area contributed by atoms with E-state index in [1.165, 1.54) is 11.1 Å². The molecule has 1 atom stereocenters. The summed E-state index contributed by atoms with van der Waals surface area (Å²) in [5.41, 5.74) is 2.84. The second kappa shape index (κ2) is 3.67. The third-order valence-electron chi connectivity index (χ3n) is 2.87. The van der Waals surface area contributed by atoms with Crippen LogP contribution in [0.5, 0.6) is 0 Å². The van der Waals surface area contributed by atoms with Crippen molar-refractivity contribution in [1.29, 1.82) is 0 Å². The lowest BCUT2D eigenvalue weighted by molar-refractivity contribution is 0.340. The molecule has 1 aromatic rings. The summed E-state index contributed by atoms with van der Waals surface area (Å²) in [6.07, 6.45) is 8.28. The number of allylic oxidation sites excluding steroid dienone is 2. The number of alkyl halides is 1. The molecule has 1 aliphatic carbocycles. The third kappa shape index (κ3) is 2.43. The van der Waals surface area contributed by atoms with Crippen LogP contribution < -0.4 is 0 Å². The summed E-state index contributed by atoms with van der Waals surface area (Å²) in [6, 6.07) is 0. The highest BCUT2D eigenvalue weighted by molar-refractivity contribution is 6.22. The topological polar surface area (TPSA) is 17.8 Å². The molecule has 0 saturated carbocycles. The van der Waals surface area contributed by atoms with Crippen molar-refractivity contribution in [3.8, 4) is 0 Å². The first-order chi connectivity index (χ1) is 6.96. The van der Waals surface area contributed by atoms with Gasteiger partial charge in [0.2, 0.25) is 0 Å². The first-order valence-electron chi connectivity index (χ1n) is 5.30. The van der Waals surface area contributed by atoms with Gasteiger partial charge >= 0.3 is 0 Å². The Kier molecular flexibility index (Phi) is 2.63. The Balaban J connectivity index is 2.29. The van der Waals surface area contributed by atoms with Crippen LogP contribution in [0.1, 0.15) is 32.3 Å². The molecule has 15 heavy (non-hydrogen) atoms. The molecule has 1 aromatic heterocycles. The van der Waals surface area contributed by atoms with Gasteiger partial charge in [-0.2, -0.15) is 5.10 Å². The van der Waals surface area contributed by atoms with Crippen molar-refractivity contribution in [2.24, 2.45) is 12.5 Å². The molecule has 1 heterocycles. The number of aromatic nitrogens is 2. The van der Waals surface area contributed by atoms with E-state index >= 15 is 0 Å². The van der Waals surface area contributed by atoms with Crippen molar-refractivity contribution < 1.29 is 0 Å². The normalized spacial score (nSPS) is 25.1. The molecule has 2 rings (SSSR count). The molecule has 82 valence electrons. The van der Waals surface area contributed by atoms with E-state index in [0.29, 0.717) is 5.41 Å². The van der Waals surface area contributed by atoms with Crippen molar-refractivity contribution in [1.82, 2.24) is 9.78 Å². The molecule has 0 saturated heterocycles. The molecule has 0 radical (unpaired) electrons. The molecular weight excluding hydrogens is 208 g/mol. The van der Waals surface area contributed by atoms with E-state index in [0.717, 1.165) is 12.8 Å². The van der Waals surface area contributed by atoms with Crippen LogP contribution in [0.2, 0.25) is 0 Å². The number of halogens is 1. The molecule has 0 bridgehead atoms. The van der Waals surface area contributed by atoms with E-state index in [4.69, 9.17) is 11.6 Å². The largest absolute Gasteiger partial charge is 0.275 e. The minimum atomic E-state index is 0.156. The van der Waals surface area contributed by atoms with Gasteiger partial charge in [-0.25, -0.2) is 0 Å². The standard InChI is InChI=1S/C12H17ClN2/c1-12(2)5-9(4-11(13)6-12)10-7-14-15(3)8-10/h4,7-8,11H,5-6H2,1-3H3. The minimum Gasteiger partial charge on any atom is -0.275 e. The van der Waals surface area contributed by atoms with Crippen LogP contribution in [-0.4, -0.2) is 15.2 Å². The second-order valence-electron chi connectivity index (χ2n) is 5.16. The van der Waals surface area contributed by atoms with Crippen molar-refractivity contribution >= 4 is 17.2 Å². The highest BCUT2D eigenvalue weighted by Crippen LogP contribution is 2.40. The van der Waals surface area contributed by atoms with Gasteiger partial charge in [0, 0.05) is 18.8 Å². The summed E-state index contributed by atoms with van der Waals surface area (Å²) >= 11 is 6.25. The molecule has 0 amide bonds. The summed E-state index contributed by atoms with van der Waals surface area (Å²) in [7, 11) is 1.94. The van der Waals surface area contributed by atoms with Crippen LogP contribution in [0.15, 0.2) is 18.5 Å². The van der Waals surface area contributed by atoms with Crippen molar-refractivity contribution in [2.45, 2.75) is 32.1 Å². The van der Waals surface area contributed by atoms with Gasteiger partial charge in [-0.15, -0.1) is 11.6 Å². The predicted octanol–water partition coefficient (Wildman–Crippen LogP) is 3.23. The number of hydrogen-bond acceptors (Lipinski definition) is 1. The van der Waals surface area contributed by atoms with Gasteiger partial charge in [0.25, 0.3) is 0 Å². The molecule has 1 unspecified atom stereocenters. The van der Waals surface area contributed by atoms with E-state index < -0.39 is 0 Å². The lowest BCUT2D eigenvalue weighted by atomic mass is 9.76. The molecule has 3 heteroatoms. The SMILES string of the molecule is Cn1cc(C2=CC(Cl)CC(C)(C)C2)cn1. The van der Waals surface area contributed by atoms with Crippen LogP contribution in [0.25, 0.3) is 5.57 Å². The zero-order chi connectivity index (χ0) is 11.1. The second-order valence-corrected chi connectivity index (χ2v) is 5.72. The van der Waals surface area contributed by atoms with Crippen molar-refractivity contribution in [3.05, 3.63) is 24.0 Å². The zero-order valence-electron chi connectivity index (χ0n) is 9.50. The summed E-state index contributed by atoms with van der Waals surface area (Å²) in [6.45, 7) is 4.54. The van der Waals surface area contributed by atoms with Gasteiger partial charge in [0.15, 0.2) is 0 Å². The Labute approximate surface area is 95.9 Å². The summed E-state index contributed by atoms with van der Waals surface area (Å²) < 4.78 is 1.83. The van der Waals surface area contributed by atoms with E-state index in [2.05, 4.69) is 31.2 Å². The van der Waals surface area contributed by atoms with Gasteiger partial charge in [0.05, 0.1) is 11.6 Å². The Morgan fingerprint density at radius 3 is 2.80 bits per heavy atom. The smallest absolute Gasteiger partial charge is 0.0564 e. The Morgan fingerprint density at radius 1 is 1.53 bits per heavy atom. The quantitative estimate of drug-likeness (QED) is 0.670. The Hall–Kier alpha value is -0.760. The van der Waals surface area contributed by atoms with Crippen LogP contribution in [-0.2, 0) is 7.05 Å². The zero-order valence-corrected chi connectivity index (χ0v) is 10.3. The monoisotopic (exact) mass is 224 g/mol. The third-order valence-corrected chi connectivity index (χ3v) is 3.15. The van der Waals surface area contributed by atoms with Gasteiger partial charge in [-0.3, -0.25) is 4.68 Å². The van der Waals surface area contributed by atoms with Gasteiger partial charge < -0.3 is 0 Å². The average molecular weight is 225 g/mol.